The van der Waals surface area contributed by atoms with Crippen molar-refractivity contribution in [3.05, 3.63) is 30.1 Å². The number of carboxylic acid groups (broad SMARTS) is 1. The minimum atomic E-state index is -0.971. The summed E-state index contributed by atoms with van der Waals surface area (Å²) in [5, 5.41) is 11.6. The van der Waals surface area contributed by atoms with Crippen molar-refractivity contribution in [1.82, 2.24) is 10.3 Å². The number of thioether (sulfide) groups is 1. The Morgan fingerprint density at radius 2 is 2.25 bits per heavy atom. The number of pyridine rings is 1. The Labute approximate surface area is 123 Å². The van der Waals surface area contributed by atoms with Crippen LogP contribution < -0.4 is 5.32 Å². The van der Waals surface area contributed by atoms with Crippen molar-refractivity contribution in [3.8, 4) is 0 Å². The minimum absolute atomic E-state index is 0.241. The highest BCUT2D eigenvalue weighted by molar-refractivity contribution is 7.99. The van der Waals surface area contributed by atoms with E-state index in [4.69, 9.17) is 5.11 Å². The zero-order valence-corrected chi connectivity index (χ0v) is 12.4. The Morgan fingerprint density at radius 1 is 1.45 bits per heavy atom. The van der Waals surface area contributed by atoms with E-state index in [0.29, 0.717) is 12.2 Å². The van der Waals surface area contributed by atoms with Crippen LogP contribution in [0.4, 0.5) is 0 Å². The molecule has 5 nitrogen and oxygen atoms in total. The van der Waals surface area contributed by atoms with Crippen LogP contribution in [0.1, 0.15) is 31.9 Å². The number of hydrogen-bond acceptors (Lipinski definition) is 4. The molecule has 20 heavy (non-hydrogen) atoms. The van der Waals surface area contributed by atoms with Crippen molar-refractivity contribution in [3.63, 3.8) is 0 Å². The maximum atomic E-state index is 11.7. The monoisotopic (exact) mass is 296 g/mol. The fourth-order valence-corrected chi connectivity index (χ4v) is 2.38. The molecule has 0 saturated heterocycles. The van der Waals surface area contributed by atoms with Crippen LogP contribution in [0.5, 0.6) is 0 Å². The zero-order chi connectivity index (χ0) is 14.8. The number of hydrogen-bond donors (Lipinski definition) is 2. The summed E-state index contributed by atoms with van der Waals surface area (Å²) in [6, 6.07) is 4.85. The van der Waals surface area contributed by atoms with Gasteiger partial charge in [0.2, 0.25) is 5.91 Å². The molecule has 0 fully saturated rings. The SMILES string of the molecule is CCCCC(NC(=O)CSCc1ccccn1)C(=O)O. The number of aromatic nitrogens is 1. The quantitative estimate of drug-likeness (QED) is 0.729. The molecule has 1 rings (SSSR count). The Hall–Kier alpha value is -1.56. The average Bonchev–Trinajstić information content (AvgIpc) is 2.44. The van der Waals surface area contributed by atoms with E-state index in [0.717, 1.165) is 18.5 Å². The van der Waals surface area contributed by atoms with E-state index in [9.17, 15) is 9.59 Å². The van der Waals surface area contributed by atoms with Crippen LogP contribution in [0.2, 0.25) is 0 Å². The summed E-state index contributed by atoms with van der Waals surface area (Å²) in [5.41, 5.74) is 0.908. The second-order valence-corrected chi connectivity index (χ2v) is 5.40. The minimum Gasteiger partial charge on any atom is -0.480 e. The fraction of sp³-hybridized carbons (Fsp3) is 0.500. The molecule has 0 aliphatic carbocycles. The van der Waals surface area contributed by atoms with Gasteiger partial charge < -0.3 is 10.4 Å². The number of nitrogens with zero attached hydrogens (tertiary/aromatic N) is 1. The topological polar surface area (TPSA) is 79.3 Å². The molecule has 1 amide bonds. The highest BCUT2D eigenvalue weighted by atomic mass is 32.2. The van der Waals surface area contributed by atoms with Crippen LogP contribution in [0.15, 0.2) is 24.4 Å². The fourth-order valence-electron chi connectivity index (χ4n) is 1.63. The molecule has 1 heterocycles. The summed E-state index contributed by atoms with van der Waals surface area (Å²) >= 11 is 1.42. The van der Waals surface area contributed by atoms with Gasteiger partial charge in [-0.2, -0.15) is 0 Å². The molecule has 0 radical (unpaired) electrons. The van der Waals surface area contributed by atoms with E-state index in [-0.39, 0.29) is 11.7 Å². The van der Waals surface area contributed by atoms with Gasteiger partial charge in [-0.25, -0.2) is 4.79 Å². The molecule has 0 spiro atoms. The molecule has 0 aromatic carbocycles. The van der Waals surface area contributed by atoms with Gasteiger partial charge in [-0.3, -0.25) is 9.78 Å². The lowest BCUT2D eigenvalue weighted by molar-refractivity contribution is -0.141. The van der Waals surface area contributed by atoms with E-state index in [1.54, 1.807) is 6.20 Å². The number of amides is 1. The summed E-state index contributed by atoms with van der Waals surface area (Å²) in [6.45, 7) is 1.99. The van der Waals surface area contributed by atoms with Gasteiger partial charge in [0.25, 0.3) is 0 Å². The molecule has 1 aromatic heterocycles. The molecule has 0 aliphatic rings. The maximum Gasteiger partial charge on any atom is 0.326 e. The molecule has 1 aromatic rings. The van der Waals surface area contributed by atoms with Crippen LogP contribution in [-0.4, -0.2) is 33.8 Å². The van der Waals surface area contributed by atoms with Gasteiger partial charge in [0, 0.05) is 11.9 Å². The van der Waals surface area contributed by atoms with Crippen molar-refractivity contribution in [2.45, 2.75) is 38.0 Å². The Bertz CT molecular complexity index is 426. The van der Waals surface area contributed by atoms with Crippen LogP contribution in [0.25, 0.3) is 0 Å². The lowest BCUT2D eigenvalue weighted by atomic mass is 10.1. The van der Waals surface area contributed by atoms with E-state index in [1.807, 2.05) is 25.1 Å². The lowest BCUT2D eigenvalue weighted by Crippen LogP contribution is -2.41. The number of carboxylic acids is 1. The number of carbonyl (C=O) groups excluding carboxylic acids is 1. The first-order valence-corrected chi connectivity index (χ1v) is 7.78. The molecule has 110 valence electrons. The predicted molar refractivity (Wildman–Crippen MR) is 79.5 cm³/mol. The van der Waals surface area contributed by atoms with Crippen molar-refractivity contribution in [2.24, 2.45) is 0 Å². The molecule has 0 bridgehead atoms. The summed E-state index contributed by atoms with van der Waals surface area (Å²) in [5.74, 6) is -0.330. The van der Waals surface area contributed by atoms with E-state index in [1.165, 1.54) is 11.8 Å². The predicted octanol–water partition coefficient (Wildman–Crippen LogP) is 2.07. The maximum absolute atomic E-state index is 11.7. The van der Waals surface area contributed by atoms with E-state index >= 15 is 0 Å². The van der Waals surface area contributed by atoms with Gasteiger partial charge in [-0.15, -0.1) is 11.8 Å². The second kappa shape index (κ2) is 9.36. The van der Waals surface area contributed by atoms with Crippen molar-refractivity contribution in [1.29, 1.82) is 0 Å². The van der Waals surface area contributed by atoms with Gasteiger partial charge in [-0.05, 0) is 18.6 Å². The molecule has 1 atom stereocenters. The van der Waals surface area contributed by atoms with Gasteiger partial charge >= 0.3 is 5.97 Å². The third-order valence-electron chi connectivity index (χ3n) is 2.69. The standard InChI is InChI=1S/C14H20N2O3S/c1-2-3-7-12(14(18)19)16-13(17)10-20-9-11-6-4-5-8-15-11/h4-6,8,12H,2-3,7,9-10H2,1H3,(H,16,17)(H,18,19). The average molecular weight is 296 g/mol. The third-order valence-corrected chi connectivity index (χ3v) is 3.66. The van der Waals surface area contributed by atoms with Crippen molar-refractivity contribution in [2.75, 3.05) is 5.75 Å². The van der Waals surface area contributed by atoms with Crippen molar-refractivity contribution < 1.29 is 14.7 Å². The summed E-state index contributed by atoms with van der Waals surface area (Å²) < 4.78 is 0. The molecule has 0 aliphatic heterocycles. The number of unbranched alkanes of at least 4 members (excludes halogenated alkanes) is 1. The van der Waals surface area contributed by atoms with Gasteiger partial charge in [-0.1, -0.05) is 25.8 Å². The lowest BCUT2D eigenvalue weighted by Gasteiger charge is -2.13. The number of nitrogens with one attached hydrogen (secondary N) is 1. The molecule has 2 N–H and O–H groups in total. The second-order valence-electron chi connectivity index (χ2n) is 4.41. The first-order valence-electron chi connectivity index (χ1n) is 6.63. The van der Waals surface area contributed by atoms with Gasteiger partial charge in [0.1, 0.15) is 6.04 Å². The molecule has 6 heteroatoms. The number of carbonyl (C=O) groups is 2. The highest BCUT2D eigenvalue weighted by Crippen LogP contribution is 2.09. The van der Waals surface area contributed by atoms with E-state index < -0.39 is 12.0 Å². The Kier molecular flexibility index (Phi) is 7.72. The molecule has 0 saturated carbocycles. The first-order chi connectivity index (χ1) is 9.63. The molecule has 1 unspecified atom stereocenters. The first kappa shape index (κ1) is 16.5. The number of rotatable bonds is 9. The third kappa shape index (κ3) is 6.56. The van der Waals surface area contributed by atoms with Gasteiger partial charge in [0.15, 0.2) is 0 Å². The zero-order valence-electron chi connectivity index (χ0n) is 11.5. The van der Waals surface area contributed by atoms with Crippen LogP contribution in [0.3, 0.4) is 0 Å². The van der Waals surface area contributed by atoms with Crippen LogP contribution >= 0.6 is 11.8 Å². The highest BCUT2D eigenvalue weighted by Gasteiger charge is 2.18. The van der Waals surface area contributed by atoms with E-state index in [2.05, 4.69) is 10.3 Å². The molecular weight excluding hydrogens is 276 g/mol. The summed E-state index contributed by atoms with van der Waals surface area (Å²) in [4.78, 5) is 26.9. The molecular formula is C14H20N2O3S. The Morgan fingerprint density at radius 3 is 2.85 bits per heavy atom. The summed E-state index contributed by atoms with van der Waals surface area (Å²) in [7, 11) is 0. The largest absolute Gasteiger partial charge is 0.480 e. The normalized spacial score (nSPS) is 11.8. The summed E-state index contributed by atoms with van der Waals surface area (Å²) in [6.07, 6.45) is 3.88. The Balaban J connectivity index is 2.29. The number of aliphatic carboxylic acids is 1. The van der Waals surface area contributed by atoms with Crippen LogP contribution in [-0.2, 0) is 15.3 Å². The van der Waals surface area contributed by atoms with Gasteiger partial charge in [0.05, 0.1) is 11.4 Å². The smallest absolute Gasteiger partial charge is 0.326 e. The van der Waals surface area contributed by atoms with Crippen molar-refractivity contribution >= 4 is 23.6 Å². The van der Waals surface area contributed by atoms with Crippen LogP contribution in [0, 0.1) is 0 Å².